The number of methoxy groups -OCH3 is 1. The maximum atomic E-state index is 12.6. The summed E-state index contributed by atoms with van der Waals surface area (Å²) in [6.45, 7) is 6.28. The van der Waals surface area contributed by atoms with Crippen LogP contribution in [0, 0.1) is 6.92 Å². The minimum absolute atomic E-state index is 0.00157. The predicted molar refractivity (Wildman–Crippen MR) is 94.0 cm³/mol. The van der Waals surface area contributed by atoms with Gasteiger partial charge in [-0.05, 0) is 25.0 Å². The number of thiazole rings is 1. The number of rotatable bonds is 3. The Morgan fingerprint density at radius 3 is 2.74 bits per heavy atom. The molecule has 0 bridgehead atoms. The summed E-state index contributed by atoms with van der Waals surface area (Å²) < 4.78 is 5.42. The van der Waals surface area contributed by atoms with Gasteiger partial charge in [-0.25, -0.2) is 4.98 Å². The van der Waals surface area contributed by atoms with E-state index in [4.69, 9.17) is 9.72 Å². The van der Waals surface area contributed by atoms with Crippen LogP contribution in [0.1, 0.15) is 58.9 Å². The quantitative estimate of drug-likeness (QED) is 0.839. The Balaban J connectivity index is 2.05. The number of carbonyl (C=O) groups is 1. The van der Waals surface area contributed by atoms with Crippen LogP contribution in [0.4, 0.5) is 5.69 Å². The van der Waals surface area contributed by atoms with E-state index in [1.807, 2.05) is 26.1 Å². The van der Waals surface area contributed by atoms with Crippen LogP contribution in [-0.4, -0.2) is 24.9 Å². The fourth-order valence-corrected chi connectivity index (χ4v) is 4.26. The Labute approximate surface area is 141 Å². The molecule has 0 aliphatic carbocycles. The summed E-state index contributed by atoms with van der Waals surface area (Å²) in [5.74, 6) is 1.39. The van der Waals surface area contributed by atoms with Crippen LogP contribution >= 0.6 is 11.3 Å². The SMILES string of the molecule is COc1ccc2c(c1C)N(C)C(c1nc(C(C)C)cs1)CC2=O. The van der Waals surface area contributed by atoms with Crippen LogP contribution in [0.25, 0.3) is 0 Å². The summed E-state index contributed by atoms with van der Waals surface area (Å²) in [6.07, 6.45) is 0.473. The summed E-state index contributed by atoms with van der Waals surface area (Å²) in [5.41, 5.74) is 3.85. The number of hydrogen-bond donors (Lipinski definition) is 0. The Morgan fingerprint density at radius 2 is 2.13 bits per heavy atom. The molecule has 1 aliphatic rings. The van der Waals surface area contributed by atoms with Crippen molar-refractivity contribution in [3.05, 3.63) is 39.3 Å². The third-order valence-corrected chi connectivity index (χ3v) is 5.48. The molecule has 0 fully saturated rings. The molecule has 4 nitrogen and oxygen atoms in total. The van der Waals surface area contributed by atoms with Crippen molar-refractivity contribution in [2.75, 3.05) is 19.1 Å². The van der Waals surface area contributed by atoms with E-state index in [0.29, 0.717) is 12.3 Å². The van der Waals surface area contributed by atoms with E-state index in [1.165, 1.54) is 0 Å². The lowest BCUT2D eigenvalue weighted by atomic mass is 9.92. The van der Waals surface area contributed by atoms with Gasteiger partial charge in [-0.1, -0.05) is 13.8 Å². The van der Waals surface area contributed by atoms with Gasteiger partial charge >= 0.3 is 0 Å². The maximum Gasteiger partial charge on any atom is 0.167 e. The topological polar surface area (TPSA) is 42.4 Å². The second-order valence-electron chi connectivity index (χ2n) is 6.31. The molecule has 1 unspecified atom stereocenters. The van der Waals surface area contributed by atoms with E-state index >= 15 is 0 Å². The van der Waals surface area contributed by atoms with Crippen molar-refractivity contribution < 1.29 is 9.53 Å². The molecular formula is C18H22N2O2S. The Bertz CT molecular complexity index is 751. The number of anilines is 1. The number of Topliss-reactive ketones (excluding diaryl/α,β-unsaturated/α-hetero) is 1. The van der Waals surface area contributed by atoms with E-state index in [2.05, 4.69) is 24.1 Å². The first kappa shape index (κ1) is 16.0. The molecule has 0 spiro atoms. The van der Waals surface area contributed by atoms with E-state index in [-0.39, 0.29) is 11.8 Å². The van der Waals surface area contributed by atoms with Gasteiger partial charge in [0.1, 0.15) is 10.8 Å². The van der Waals surface area contributed by atoms with E-state index in [9.17, 15) is 4.79 Å². The molecule has 0 radical (unpaired) electrons. The van der Waals surface area contributed by atoms with E-state index in [0.717, 1.165) is 33.3 Å². The van der Waals surface area contributed by atoms with Gasteiger partial charge in [-0.2, -0.15) is 0 Å². The van der Waals surface area contributed by atoms with Crippen LogP contribution < -0.4 is 9.64 Å². The van der Waals surface area contributed by atoms with Gasteiger partial charge in [-0.15, -0.1) is 11.3 Å². The van der Waals surface area contributed by atoms with Crippen molar-refractivity contribution >= 4 is 22.8 Å². The second kappa shape index (κ2) is 5.96. The molecular weight excluding hydrogens is 308 g/mol. The lowest BCUT2D eigenvalue weighted by Crippen LogP contribution is -2.33. The highest BCUT2D eigenvalue weighted by Crippen LogP contribution is 2.42. The Kier molecular flexibility index (Phi) is 4.15. The number of benzene rings is 1. The van der Waals surface area contributed by atoms with E-state index < -0.39 is 0 Å². The molecule has 1 aromatic heterocycles. The third kappa shape index (κ3) is 2.63. The van der Waals surface area contributed by atoms with Gasteiger partial charge in [0.05, 0.1) is 24.5 Å². The smallest absolute Gasteiger partial charge is 0.167 e. The van der Waals surface area contributed by atoms with Crippen LogP contribution in [0.3, 0.4) is 0 Å². The number of ketones is 1. The molecule has 0 amide bonds. The zero-order valence-corrected chi connectivity index (χ0v) is 15.0. The summed E-state index contributed by atoms with van der Waals surface area (Å²) >= 11 is 1.64. The van der Waals surface area contributed by atoms with E-state index in [1.54, 1.807) is 18.4 Å². The number of aromatic nitrogens is 1. The van der Waals surface area contributed by atoms with Crippen molar-refractivity contribution in [2.45, 2.75) is 39.2 Å². The van der Waals surface area contributed by atoms with Crippen LogP contribution in [0.2, 0.25) is 0 Å². The molecule has 1 aromatic carbocycles. The normalized spacial score (nSPS) is 17.6. The van der Waals surface area contributed by atoms with Crippen molar-refractivity contribution in [3.63, 3.8) is 0 Å². The summed E-state index contributed by atoms with van der Waals surface area (Å²) in [4.78, 5) is 19.6. The van der Waals surface area contributed by atoms with Crippen LogP contribution in [-0.2, 0) is 0 Å². The highest BCUT2D eigenvalue weighted by molar-refractivity contribution is 7.09. The zero-order valence-electron chi connectivity index (χ0n) is 14.2. The lowest BCUT2D eigenvalue weighted by Gasteiger charge is -2.35. The van der Waals surface area contributed by atoms with Gasteiger partial charge in [-0.3, -0.25) is 4.79 Å². The minimum atomic E-state index is -0.00157. The summed E-state index contributed by atoms with van der Waals surface area (Å²) in [7, 11) is 3.70. The van der Waals surface area contributed by atoms with Crippen LogP contribution in [0.15, 0.2) is 17.5 Å². The number of nitrogens with zero attached hydrogens (tertiary/aromatic N) is 2. The minimum Gasteiger partial charge on any atom is -0.496 e. The molecule has 0 saturated heterocycles. The third-order valence-electron chi connectivity index (χ3n) is 4.52. The molecule has 1 aliphatic heterocycles. The highest BCUT2D eigenvalue weighted by Gasteiger charge is 2.34. The van der Waals surface area contributed by atoms with Gasteiger partial charge in [0, 0.05) is 30.0 Å². The Morgan fingerprint density at radius 1 is 1.39 bits per heavy atom. The van der Waals surface area contributed by atoms with Gasteiger partial charge < -0.3 is 9.64 Å². The number of hydrogen-bond acceptors (Lipinski definition) is 5. The lowest BCUT2D eigenvalue weighted by molar-refractivity contribution is 0.0966. The fraction of sp³-hybridized carbons (Fsp3) is 0.444. The van der Waals surface area contributed by atoms with Crippen molar-refractivity contribution in [2.24, 2.45) is 0 Å². The summed E-state index contributed by atoms with van der Waals surface area (Å²) in [5, 5.41) is 3.11. The zero-order chi connectivity index (χ0) is 16.7. The molecule has 122 valence electrons. The maximum absolute atomic E-state index is 12.6. The number of fused-ring (bicyclic) bond motifs is 1. The monoisotopic (exact) mass is 330 g/mol. The summed E-state index contributed by atoms with van der Waals surface area (Å²) in [6, 6.07) is 3.75. The number of carbonyl (C=O) groups excluding carboxylic acids is 1. The largest absolute Gasteiger partial charge is 0.496 e. The molecule has 23 heavy (non-hydrogen) atoms. The number of ether oxygens (including phenoxy) is 1. The van der Waals surface area contributed by atoms with Gasteiger partial charge in [0.25, 0.3) is 0 Å². The predicted octanol–water partition coefficient (Wildman–Crippen LogP) is 4.35. The first-order valence-corrected chi connectivity index (χ1v) is 8.71. The second-order valence-corrected chi connectivity index (χ2v) is 7.20. The van der Waals surface area contributed by atoms with Gasteiger partial charge in [0.2, 0.25) is 0 Å². The molecule has 0 N–H and O–H groups in total. The molecule has 3 rings (SSSR count). The molecule has 5 heteroatoms. The first-order chi connectivity index (χ1) is 10.9. The first-order valence-electron chi connectivity index (χ1n) is 7.83. The van der Waals surface area contributed by atoms with Gasteiger partial charge in [0.15, 0.2) is 5.78 Å². The Hall–Kier alpha value is -1.88. The highest BCUT2D eigenvalue weighted by atomic mass is 32.1. The standard InChI is InChI=1S/C18H22N2O2S/c1-10(2)13-9-23-18(19-13)14-8-15(21)12-6-7-16(22-5)11(3)17(12)20(14)4/h6-7,9-10,14H,8H2,1-5H3. The molecule has 1 atom stereocenters. The van der Waals surface area contributed by atoms with Crippen molar-refractivity contribution in [1.82, 2.24) is 4.98 Å². The average Bonchev–Trinajstić information content (AvgIpc) is 3.00. The fourth-order valence-electron chi connectivity index (χ4n) is 3.13. The van der Waals surface area contributed by atoms with Crippen LogP contribution in [0.5, 0.6) is 5.75 Å². The molecule has 2 aromatic rings. The molecule has 0 saturated carbocycles. The van der Waals surface area contributed by atoms with Crippen molar-refractivity contribution in [3.8, 4) is 5.75 Å². The van der Waals surface area contributed by atoms with Crippen molar-refractivity contribution in [1.29, 1.82) is 0 Å². The average molecular weight is 330 g/mol. The molecule has 2 heterocycles.